The van der Waals surface area contributed by atoms with E-state index in [9.17, 15) is 9.59 Å². The topological polar surface area (TPSA) is 103 Å². The summed E-state index contributed by atoms with van der Waals surface area (Å²) >= 11 is 0. The average Bonchev–Trinajstić information content (AvgIpc) is 2.56. The molecule has 0 heterocycles. The van der Waals surface area contributed by atoms with Gasteiger partial charge in [-0.2, -0.15) is 0 Å². The van der Waals surface area contributed by atoms with E-state index in [-0.39, 0.29) is 5.91 Å². The molecule has 7 heteroatoms. The molecule has 7 nitrogen and oxygen atoms in total. The maximum absolute atomic E-state index is 11.6. The van der Waals surface area contributed by atoms with Crippen molar-refractivity contribution in [2.24, 2.45) is 5.73 Å². The highest BCUT2D eigenvalue weighted by Crippen LogP contribution is 2.13. The number of alkyl carbamates (subject to hydrolysis) is 1. The average molecular weight is 365 g/mol. The van der Waals surface area contributed by atoms with Crippen molar-refractivity contribution in [3.63, 3.8) is 0 Å². The standard InChI is InChI=1S/C19H31N3O4/c1-19(2,3)26-18(24)22-12-10-15-6-8-16(9-7-15)25-14-4-5-17(23)21-13-11-20/h6-9H,4-5,10-14,20H2,1-3H3,(H,21,23)(H,22,24). The van der Waals surface area contributed by atoms with Crippen molar-refractivity contribution in [1.29, 1.82) is 0 Å². The van der Waals surface area contributed by atoms with Crippen molar-refractivity contribution in [3.8, 4) is 5.75 Å². The predicted octanol–water partition coefficient (Wildman–Crippen LogP) is 1.99. The summed E-state index contributed by atoms with van der Waals surface area (Å²) in [6, 6.07) is 7.69. The molecule has 26 heavy (non-hydrogen) atoms. The van der Waals surface area contributed by atoms with Crippen molar-refractivity contribution < 1.29 is 19.1 Å². The molecule has 4 N–H and O–H groups in total. The molecule has 0 bridgehead atoms. The molecule has 0 aliphatic heterocycles. The third-order valence-corrected chi connectivity index (χ3v) is 3.29. The minimum atomic E-state index is -0.492. The van der Waals surface area contributed by atoms with Crippen molar-refractivity contribution in [2.75, 3.05) is 26.2 Å². The zero-order valence-electron chi connectivity index (χ0n) is 16.0. The van der Waals surface area contributed by atoms with Crippen LogP contribution in [0.2, 0.25) is 0 Å². The molecular formula is C19H31N3O4. The molecule has 146 valence electrons. The van der Waals surface area contributed by atoms with Gasteiger partial charge in [0.15, 0.2) is 0 Å². The van der Waals surface area contributed by atoms with E-state index >= 15 is 0 Å². The number of ether oxygens (including phenoxy) is 2. The smallest absolute Gasteiger partial charge is 0.407 e. The maximum atomic E-state index is 11.6. The van der Waals surface area contributed by atoms with Crippen LogP contribution in [0.5, 0.6) is 5.75 Å². The Morgan fingerprint density at radius 1 is 1.08 bits per heavy atom. The summed E-state index contributed by atoms with van der Waals surface area (Å²) in [4.78, 5) is 23.0. The summed E-state index contributed by atoms with van der Waals surface area (Å²) in [6.07, 6.45) is 1.38. The summed E-state index contributed by atoms with van der Waals surface area (Å²) in [6.45, 7) is 7.43. The van der Waals surface area contributed by atoms with Gasteiger partial charge in [0.25, 0.3) is 0 Å². The zero-order valence-corrected chi connectivity index (χ0v) is 16.0. The fourth-order valence-corrected chi connectivity index (χ4v) is 2.10. The Labute approximate surface area is 155 Å². The molecule has 0 unspecified atom stereocenters. The van der Waals surface area contributed by atoms with Crippen molar-refractivity contribution in [3.05, 3.63) is 29.8 Å². The predicted molar refractivity (Wildman–Crippen MR) is 101 cm³/mol. The lowest BCUT2D eigenvalue weighted by Gasteiger charge is -2.19. The molecule has 0 fully saturated rings. The van der Waals surface area contributed by atoms with E-state index in [2.05, 4.69) is 10.6 Å². The van der Waals surface area contributed by atoms with Gasteiger partial charge in [0.2, 0.25) is 5.91 Å². The van der Waals surface area contributed by atoms with Crippen LogP contribution in [0.3, 0.4) is 0 Å². The highest BCUT2D eigenvalue weighted by molar-refractivity contribution is 5.75. The SMILES string of the molecule is CC(C)(C)OC(=O)NCCc1ccc(OCCCC(=O)NCCN)cc1. The second-order valence-corrected chi connectivity index (χ2v) is 6.91. The van der Waals surface area contributed by atoms with Crippen molar-refractivity contribution in [2.45, 2.75) is 45.6 Å². The highest BCUT2D eigenvalue weighted by Gasteiger charge is 2.15. The molecule has 0 saturated heterocycles. The number of rotatable bonds is 10. The van der Waals surface area contributed by atoms with Crippen LogP contribution in [-0.4, -0.2) is 43.8 Å². The Morgan fingerprint density at radius 3 is 2.38 bits per heavy atom. The fourth-order valence-electron chi connectivity index (χ4n) is 2.10. The molecule has 0 spiro atoms. The monoisotopic (exact) mass is 365 g/mol. The number of nitrogens with one attached hydrogen (secondary N) is 2. The molecule has 0 atom stereocenters. The molecule has 0 aliphatic carbocycles. The molecule has 0 radical (unpaired) electrons. The quantitative estimate of drug-likeness (QED) is 0.550. The minimum absolute atomic E-state index is 0.00751. The Hall–Kier alpha value is -2.28. The number of carbonyl (C=O) groups excluding carboxylic acids is 2. The normalized spacial score (nSPS) is 10.9. The summed E-state index contributed by atoms with van der Waals surface area (Å²) < 4.78 is 10.8. The molecule has 1 aromatic carbocycles. The Balaban J connectivity index is 2.21. The first-order valence-corrected chi connectivity index (χ1v) is 8.95. The van der Waals surface area contributed by atoms with Crippen LogP contribution >= 0.6 is 0 Å². The van der Waals surface area contributed by atoms with E-state index in [1.165, 1.54) is 0 Å². The van der Waals surface area contributed by atoms with Gasteiger partial charge in [0, 0.05) is 26.1 Å². The second kappa shape index (κ2) is 11.4. The lowest BCUT2D eigenvalue weighted by Crippen LogP contribution is -2.33. The first-order valence-electron chi connectivity index (χ1n) is 8.95. The van der Waals surface area contributed by atoms with Gasteiger partial charge in [0.05, 0.1) is 6.61 Å². The Kier molecular flexibility index (Phi) is 9.51. The van der Waals surface area contributed by atoms with Crippen LogP contribution in [0, 0.1) is 0 Å². The van der Waals surface area contributed by atoms with Crippen LogP contribution in [-0.2, 0) is 16.0 Å². The van der Waals surface area contributed by atoms with E-state index in [0.29, 0.717) is 45.5 Å². The highest BCUT2D eigenvalue weighted by atomic mass is 16.6. The number of hydrogen-bond donors (Lipinski definition) is 3. The van der Waals surface area contributed by atoms with Gasteiger partial charge >= 0.3 is 6.09 Å². The molecule has 1 aromatic rings. The number of benzene rings is 1. The van der Waals surface area contributed by atoms with Gasteiger partial charge in [-0.15, -0.1) is 0 Å². The Morgan fingerprint density at radius 2 is 1.77 bits per heavy atom. The van der Waals surface area contributed by atoms with Crippen molar-refractivity contribution in [1.82, 2.24) is 10.6 Å². The fraction of sp³-hybridized carbons (Fsp3) is 0.579. The van der Waals surface area contributed by atoms with Gasteiger partial charge in [0.1, 0.15) is 11.4 Å². The van der Waals surface area contributed by atoms with E-state index in [4.69, 9.17) is 15.2 Å². The third kappa shape index (κ3) is 10.6. The summed E-state index contributed by atoms with van der Waals surface area (Å²) in [5.41, 5.74) is 5.92. The first-order chi connectivity index (χ1) is 12.3. The summed E-state index contributed by atoms with van der Waals surface area (Å²) in [5, 5.41) is 5.45. The van der Waals surface area contributed by atoms with Crippen LogP contribution in [0.4, 0.5) is 4.79 Å². The number of amides is 2. The van der Waals surface area contributed by atoms with E-state index < -0.39 is 11.7 Å². The van der Waals surface area contributed by atoms with Gasteiger partial charge in [-0.25, -0.2) is 4.79 Å². The molecular weight excluding hydrogens is 334 g/mol. The van der Waals surface area contributed by atoms with Gasteiger partial charge in [-0.1, -0.05) is 12.1 Å². The van der Waals surface area contributed by atoms with E-state index in [1.807, 2.05) is 45.0 Å². The third-order valence-electron chi connectivity index (χ3n) is 3.29. The van der Waals surface area contributed by atoms with Crippen LogP contribution in [0.15, 0.2) is 24.3 Å². The van der Waals surface area contributed by atoms with E-state index in [1.54, 1.807) is 0 Å². The molecule has 1 rings (SSSR count). The molecule has 2 amide bonds. The van der Waals surface area contributed by atoms with Crippen LogP contribution in [0.25, 0.3) is 0 Å². The van der Waals surface area contributed by atoms with E-state index in [0.717, 1.165) is 11.3 Å². The minimum Gasteiger partial charge on any atom is -0.494 e. The Bertz CT molecular complexity index is 553. The lowest BCUT2D eigenvalue weighted by molar-refractivity contribution is -0.121. The van der Waals surface area contributed by atoms with Crippen LogP contribution in [0.1, 0.15) is 39.2 Å². The maximum Gasteiger partial charge on any atom is 0.407 e. The molecule has 0 saturated carbocycles. The summed E-state index contributed by atoms with van der Waals surface area (Å²) in [7, 11) is 0. The van der Waals surface area contributed by atoms with Crippen LogP contribution < -0.4 is 21.1 Å². The lowest BCUT2D eigenvalue weighted by atomic mass is 10.1. The number of nitrogens with two attached hydrogens (primary N) is 1. The molecule has 0 aliphatic rings. The summed E-state index contributed by atoms with van der Waals surface area (Å²) in [5.74, 6) is 0.753. The first kappa shape index (κ1) is 21.8. The number of carbonyl (C=O) groups is 2. The number of hydrogen-bond acceptors (Lipinski definition) is 5. The van der Waals surface area contributed by atoms with Gasteiger partial charge in [-0.05, 0) is 51.3 Å². The largest absolute Gasteiger partial charge is 0.494 e. The molecule has 0 aromatic heterocycles. The van der Waals surface area contributed by atoms with Gasteiger partial charge in [-0.3, -0.25) is 4.79 Å². The van der Waals surface area contributed by atoms with Crippen molar-refractivity contribution >= 4 is 12.0 Å². The zero-order chi connectivity index (χ0) is 19.4. The van der Waals surface area contributed by atoms with Gasteiger partial charge < -0.3 is 25.8 Å². The second-order valence-electron chi connectivity index (χ2n) is 6.91.